The Kier molecular flexibility index (Phi) is 4.91. The van der Waals surface area contributed by atoms with Crippen molar-refractivity contribution in [2.75, 3.05) is 11.6 Å². The average Bonchev–Trinajstić information content (AvgIpc) is 2.83. The Morgan fingerprint density at radius 3 is 2.89 bits per heavy atom. The molecular weight excluding hydrogens is 258 g/mol. The molecule has 0 heterocycles. The van der Waals surface area contributed by atoms with Gasteiger partial charge < -0.3 is 5.32 Å². The molecule has 0 fully saturated rings. The third-order valence-corrected chi connectivity index (χ3v) is 3.93. The summed E-state index contributed by atoms with van der Waals surface area (Å²) in [5.74, 6) is 0.873. The van der Waals surface area contributed by atoms with E-state index in [4.69, 9.17) is 0 Å². The van der Waals surface area contributed by atoms with Crippen LogP contribution in [0.1, 0.15) is 24.8 Å². The second-order valence-electron chi connectivity index (χ2n) is 4.89. The van der Waals surface area contributed by atoms with E-state index in [1.807, 2.05) is 24.3 Å². The van der Waals surface area contributed by atoms with Crippen LogP contribution in [0, 0.1) is 5.92 Å². The Hall–Kier alpha value is -1.42. The SMILES string of the molecule is C[S@@](=O)Cc1ccccc1NC(=O)C[C@@H]1C=CCC1. The van der Waals surface area contributed by atoms with Gasteiger partial charge in [-0.3, -0.25) is 9.00 Å². The van der Waals surface area contributed by atoms with Crippen molar-refractivity contribution in [1.82, 2.24) is 0 Å². The molecule has 1 aromatic carbocycles. The minimum absolute atomic E-state index is 0.0332. The molecule has 0 spiro atoms. The van der Waals surface area contributed by atoms with Gasteiger partial charge in [0, 0.05) is 29.2 Å². The molecule has 1 aromatic rings. The molecule has 0 saturated heterocycles. The smallest absolute Gasteiger partial charge is 0.224 e. The minimum Gasteiger partial charge on any atom is -0.326 e. The van der Waals surface area contributed by atoms with Crippen molar-refractivity contribution in [1.29, 1.82) is 0 Å². The molecule has 0 aromatic heterocycles. The van der Waals surface area contributed by atoms with E-state index in [0.717, 1.165) is 24.1 Å². The number of para-hydroxylation sites is 1. The summed E-state index contributed by atoms with van der Waals surface area (Å²) in [5, 5.41) is 2.94. The van der Waals surface area contributed by atoms with E-state index < -0.39 is 10.8 Å². The standard InChI is InChI=1S/C15H19NO2S/c1-19(18)11-13-8-4-5-9-14(13)16-15(17)10-12-6-2-3-7-12/h2,4-6,8-9,12H,3,7,10-11H2,1H3,(H,16,17)/t12-,19-/m1/s1. The maximum Gasteiger partial charge on any atom is 0.224 e. The largest absolute Gasteiger partial charge is 0.326 e. The van der Waals surface area contributed by atoms with E-state index in [1.54, 1.807) is 6.26 Å². The monoisotopic (exact) mass is 277 g/mol. The van der Waals surface area contributed by atoms with Gasteiger partial charge in [0.25, 0.3) is 0 Å². The fourth-order valence-corrected chi connectivity index (χ4v) is 2.98. The molecule has 4 heteroatoms. The van der Waals surface area contributed by atoms with Crippen molar-refractivity contribution in [2.24, 2.45) is 5.92 Å². The van der Waals surface area contributed by atoms with Crippen LogP contribution in [0.3, 0.4) is 0 Å². The van der Waals surface area contributed by atoms with E-state index in [9.17, 15) is 9.00 Å². The lowest BCUT2D eigenvalue weighted by Gasteiger charge is -2.12. The first-order chi connectivity index (χ1) is 9.15. The summed E-state index contributed by atoms with van der Waals surface area (Å²) in [5.41, 5.74) is 1.71. The molecular formula is C15H19NO2S. The zero-order chi connectivity index (χ0) is 13.7. The highest BCUT2D eigenvalue weighted by molar-refractivity contribution is 7.83. The number of hydrogen-bond donors (Lipinski definition) is 1. The molecule has 19 heavy (non-hydrogen) atoms. The maximum absolute atomic E-state index is 12.0. The van der Waals surface area contributed by atoms with Crippen LogP contribution in [0.4, 0.5) is 5.69 Å². The summed E-state index contributed by atoms with van der Waals surface area (Å²) in [7, 11) is -0.908. The number of rotatable bonds is 5. The first-order valence-corrected chi connectivity index (χ1v) is 8.22. The van der Waals surface area contributed by atoms with Crippen LogP contribution in [0.5, 0.6) is 0 Å². The highest BCUT2D eigenvalue weighted by Crippen LogP contribution is 2.22. The zero-order valence-electron chi connectivity index (χ0n) is 11.1. The van der Waals surface area contributed by atoms with Crippen LogP contribution in [0.15, 0.2) is 36.4 Å². The van der Waals surface area contributed by atoms with Crippen LogP contribution in [0.25, 0.3) is 0 Å². The molecule has 0 bridgehead atoms. The lowest BCUT2D eigenvalue weighted by molar-refractivity contribution is -0.116. The van der Waals surface area contributed by atoms with Crippen LogP contribution in [0.2, 0.25) is 0 Å². The normalized spacial score (nSPS) is 19.3. The number of allylic oxidation sites excluding steroid dienone is 2. The molecule has 0 unspecified atom stereocenters. The van der Waals surface area contributed by atoms with Crippen molar-refractivity contribution in [2.45, 2.75) is 25.0 Å². The van der Waals surface area contributed by atoms with E-state index >= 15 is 0 Å². The van der Waals surface area contributed by atoms with Gasteiger partial charge in [-0.25, -0.2) is 0 Å². The Morgan fingerprint density at radius 2 is 2.21 bits per heavy atom. The van der Waals surface area contributed by atoms with Gasteiger partial charge in [-0.15, -0.1) is 0 Å². The summed E-state index contributed by atoms with van der Waals surface area (Å²) < 4.78 is 11.3. The maximum atomic E-state index is 12.0. The first kappa shape index (κ1) is 14.0. The van der Waals surface area contributed by atoms with Gasteiger partial charge in [-0.1, -0.05) is 30.4 Å². The number of amides is 1. The van der Waals surface area contributed by atoms with E-state index in [0.29, 0.717) is 18.1 Å². The average molecular weight is 277 g/mol. The second kappa shape index (κ2) is 6.66. The van der Waals surface area contributed by atoms with E-state index in [2.05, 4.69) is 17.5 Å². The van der Waals surface area contributed by atoms with Gasteiger partial charge in [0.1, 0.15) is 0 Å². The van der Waals surface area contributed by atoms with Crippen LogP contribution in [-0.2, 0) is 21.3 Å². The molecule has 0 radical (unpaired) electrons. The molecule has 2 rings (SSSR count). The summed E-state index contributed by atoms with van der Waals surface area (Å²) in [6.07, 6.45) is 8.58. The van der Waals surface area contributed by atoms with Crippen LogP contribution in [-0.4, -0.2) is 16.4 Å². The molecule has 2 atom stereocenters. The Labute approximate surface area is 116 Å². The highest BCUT2D eigenvalue weighted by Gasteiger charge is 2.15. The Bertz CT molecular complexity index is 511. The van der Waals surface area contributed by atoms with Crippen LogP contribution >= 0.6 is 0 Å². The fourth-order valence-electron chi connectivity index (χ4n) is 2.29. The topological polar surface area (TPSA) is 46.2 Å². The van der Waals surface area contributed by atoms with E-state index in [-0.39, 0.29) is 5.91 Å². The van der Waals surface area contributed by atoms with Gasteiger partial charge in [0.2, 0.25) is 5.91 Å². The highest BCUT2D eigenvalue weighted by atomic mass is 32.2. The molecule has 1 N–H and O–H groups in total. The summed E-state index contributed by atoms with van der Waals surface area (Å²) in [6.45, 7) is 0. The summed E-state index contributed by atoms with van der Waals surface area (Å²) >= 11 is 0. The van der Waals surface area contributed by atoms with Crippen molar-refractivity contribution < 1.29 is 9.00 Å². The van der Waals surface area contributed by atoms with Gasteiger partial charge >= 0.3 is 0 Å². The predicted molar refractivity (Wildman–Crippen MR) is 79.3 cm³/mol. The molecule has 0 saturated carbocycles. The quantitative estimate of drug-likeness (QED) is 0.841. The molecule has 3 nitrogen and oxygen atoms in total. The zero-order valence-corrected chi connectivity index (χ0v) is 11.9. The van der Waals surface area contributed by atoms with Gasteiger partial charge in [-0.2, -0.15) is 0 Å². The first-order valence-electron chi connectivity index (χ1n) is 6.49. The fraction of sp³-hybridized carbons (Fsp3) is 0.400. The van der Waals surface area contributed by atoms with Crippen molar-refractivity contribution in [3.63, 3.8) is 0 Å². The van der Waals surface area contributed by atoms with Gasteiger partial charge in [0.15, 0.2) is 0 Å². The number of carbonyl (C=O) groups excluding carboxylic acids is 1. The summed E-state index contributed by atoms with van der Waals surface area (Å²) in [6, 6.07) is 7.56. The van der Waals surface area contributed by atoms with Gasteiger partial charge in [0.05, 0.1) is 5.75 Å². The van der Waals surface area contributed by atoms with Gasteiger partial charge in [-0.05, 0) is 30.4 Å². The Morgan fingerprint density at radius 1 is 1.42 bits per heavy atom. The molecule has 1 aliphatic carbocycles. The predicted octanol–water partition coefficient (Wildman–Crippen LogP) is 2.86. The van der Waals surface area contributed by atoms with Crippen molar-refractivity contribution >= 4 is 22.4 Å². The minimum atomic E-state index is -0.908. The molecule has 1 amide bonds. The lowest BCUT2D eigenvalue weighted by Crippen LogP contribution is -2.16. The molecule has 1 aliphatic rings. The molecule has 102 valence electrons. The third-order valence-electron chi connectivity index (χ3n) is 3.21. The number of hydrogen-bond acceptors (Lipinski definition) is 2. The Balaban J connectivity index is 1.99. The number of benzene rings is 1. The number of carbonyl (C=O) groups is 1. The van der Waals surface area contributed by atoms with Crippen molar-refractivity contribution in [3.05, 3.63) is 42.0 Å². The lowest BCUT2D eigenvalue weighted by atomic mass is 10.0. The molecule has 0 aliphatic heterocycles. The number of anilines is 1. The number of nitrogens with one attached hydrogen (secondary N) is 1. The summed E-state index contributed by atoms with van der Waals surface area (Å²) in [4.78, 5) is 12.0. The second-order valence-corrected chi connectivity index (χ2v) is 6.33. The third kappa shape index (κ3) is 4.31. The van der Waals surface area contributed by atoms with Crippen LogP contribution < -0.4 is 5.32 Å². The van der Waals surface area contributed by atoms with Crippen molar-refractivity contribution in [3.8, 4) is 0 Å². The van der Waals surface area contributed by atoms with E-state index in [1.165, 1.54) is 0 Å².